The molecule has 0 aliphatic rings. The van der Waals surface area contributed by atoms with Crippen LogP contribution < -0.4 is 4.74 Å². The molecule has 0 N–H and O–H groups in total. The molecule has 0 fully saturated rings. The van der Waals surface area contributed by atoms with Crippen molar-refractivity contribution in [2.75, 3.05) is 7.11 Å². The van der Waals surface area contributed by atoms with Crippen molar-refractivity contribution in [3.05, 3.63) is 45.6 Å². The van der Waals surface area contributed by atoms with E-state index in [9.17, 15) is 0 Å². The summed E-state index contributed by atoms with van der Waals surface area (Å²) < 4.78 is 6.95. The molecule has 0 amide bonds. The lowest BCUT2D eigenvalue weighted by molar-refractivity contribution is 0.415. The maximum atomic E-state index is 5.12. The van der Waals surface area contributed by atoms with Crippen LogP contribution in [-0.4, -0.2) is 12.1 Å². The first-order valence-electron chi connectivity index (χ1n) is 4.66. The van der Waals surface area contributed by atoms with Gasteiger partial charge in [-0.2, -0.15) is 0 Å². The van der Waals surface area contributed by atoms with E-state index in [1.54, 1.807) is 7.11 Å². The predicted molar refractivity (Wildman–Crippen MR) is 71.6 cm³/mol. The van der Waals surface area contributed by atoms with Crippen LogP contribution in [0.15, 0.2) is 45.6 Å². The minimum absolute atomic E-state index is 0.816. The van der Waals surface area contributed by atoms with Gasteiger partial charge in [0.2, 0.25) is 0 Å². The fourth-order valence-corrected chi connectivity index (χ4v) is 2.58. The van der Waals surface area contributed by atoms with Crippen LogP contribution in [0.3, 0.4) is 0 Å². The summed E-state index contributed by atoms with van der Waals surface area (Å²) >= 11 is 6.85. The van der Waals surface area contributed by atoms with E-state index in [1.807, 2.05) is 36.5 Å². The summed E-state index contributed by atoms with van der Waals surface area (Å²) in [4.78, 5) is 4.21. The molecule has 4 heteroatoms. The normalized spacial score (nSPS) is 10.2. The highest BCUT2D eigenvalue weighted by Gasteiger charge is 2.04. The van der Waals surface area contributed by atoms with Crippen LogP contribution in [0.5, 0.6) is 5.75 Å². The monoisotopic (exact) mass is 341 g/mol. The van der Waals surface area contributed by atoms with Crippen molar-refractivity contribution >= 4 is 31.9 Å². The molecule has 0 saturated carbocycles. The minimum Gasteiger partial charge on any atom is -0.497 e. The summed E-state index contributed by atoms with van der Waals surface area (Å²) in [5, 5.41) is 0. The maximum absolute atomic E-state index is 5.12. The fourth-order valence-electron chi connectivity index (χ4n) is 1.39. The highest BCUT2D eigenvalue weighted by Crippen LogP contribution is 2.30. The second-order valence-corrected chi connectivity index (χ2v) is 4.88. The van der Waals surface area contributed by atoms with Gasteiger partial charge in [0.1, 0.15) is 10.4 Å². The molecule has 2 nitrogen and oxygen atoms in total. The Bertz CT molecular complexity index is 497. The molecule has 0 saturated heterocycles. The second-order valence-electron chi connectivity index (χ2n) is 3.22. The molecule has 0 aliphatic heterocycles. The standard InChI is InChI=1S/C12H9Br2NO/c1-16-9-4-2-8(3-5-9)10-7-15-12(14)6-11(10)13/h2-7H,1H3. The molecule has 0 aliphatic carbocycles. The summed E-state index contributed by atoms with van der Waals surface area (Å²) in [5.74, 6) is 0.852. The van der Waals surface area contributed by atoms with Gasteiger partial charge in [-0.05, 0) is 39.7 Å². The van der Waals surface area contributed by atoms with E-state index in [4.69, 9.17) is 4.74 Å². The highest BCUT2D eigenvalue weighted by molar-refractivity contribution is 9.11. The van der Waals surface area contributed by atoms with Crippen molar-refractivity contribution in [2.45, 2.75) is 0 Å². The topological polar surface area (TPSA) is 22.1 Å². The summed E-state index contributed by atoms with van der Waals surface area (Å²) in [5.41, 5.74) is 2.17. The van der Waals surface area contributed by atoms with E-state index >= 15 is 0 Å². The van der Waals surface area contributed by atoms with E-state index in [0.717, 1.165) is 26.0 Å². The molecule has 16 heavy (non-hydrogen) atoms. The zero-order chi connectivity index (χ0) is 11.5. The van der Waals surface area contributed by atoms with Gasteiger partial charge in [-0.1, -0.05) is 28.1 Å². The van der Waals surface area contributed by atoms with Crippen LogP contribution in [0.25, 0.3) is 11.1 Å². The molecule has 0 spiro atoms. The van der Waals surface area contributed by atoms with Gasteiger partial charge in [-0.15, -0.1) is 0 Å². The zero-order valence-electron chi connectivity index (χ0n) is 8.58. The second kappa shape index (κ2) is 4.97. The van der Waals surface area contributed by atoms with Gasteiger partial charge in [0, 0.05) is 16.2 Å². The number of benzene rings is 1. The average Bonchev–Trinajstić information content (AvgIpc) is 2.29. The molecule has 1 aromatic carbocycles. The van der Waals surface area contributed by atoms with Crippen LogP contribution in [0.1, 0.15) is 0 Å². The molecule has 2 rings (SSSR count). The molecule has 1 aromatic heterocycles. The molecule has 0 radical (unpaired) electrons. The third-order valence-corrected chi connectivity index (χ3v) is 3.31. The van der Waals surface area contributed by atoms with E-state index < -0.39 is 0 Å². The van der Waals surface area contributed by atoms with Crippen molar-refractivity contribution in [3.63, 3.8) is 0 Å². The van der Waals surface area contributed by atoms with Crippen LogP contribution in [-0.2, 0) is 0 Å². The van der Waals surface area contributed by atoms with Gasteiger partial charge in [0.15, 0.2) is 0 Å². The SMILES string of the molecule is COc1ccc(-c2cnc(Br)cc2Br)cc1. The Morgan fingerprint density at radius 3 is 2.38 bits per heavy atom. The smallest absolute Gasteiger partial charge is 0.118 e. The molecule has 0 unspecified atom stereocenters. The zero-order valence-corrected chi connectivity index (χ0v) is 11.7. The first kappa shape index (κ1) is 11.6. The van der Waals surface area contributed by atoms with E-state index in [0.29, 0.717) is 0 Å². The highest BCUT2D eigenvalue weighted by atomic mass is 79.9. The number of rotatable bonds is 2. The molecular formula is C12H9Br2NO. The molecule has 1 heterocycles. The fraction of sp³-hybridized carbons (Fsp3) is 0.0833. The molecule has 0 atom stereocenters. The Morgan fingerprint density at radius 1 is 1.12 bits per heavy atom. The number of halogens is 2. The number of hydrogen-bond acceptors (Lipinski definition) is 2. The summed E-state index contributed by atoms with van der Waals surface area (Å²) in [6.45, 7) is 0. The number of pyridine rings is 1. The number of ether oxygens (including phenoxy) is 1. The lowest BCUT2D eigenvalue weighted by Crippen LogP contribution is -1.85. The van der Waals surface area contributed by atoms with Crippen molar-refractivity contribution < 1.29 is 4.74 Å². The maximum Gasteiger partial charge on any atom is 0.118 e. The summed E-state index contributed by atoms with van der Waals surface area (Å²) in [6.07, 6.45) is 1.83. The number of nitrogens with zero attached hydrogens (tertiary/aromatic N) is 1. The average molecular weight is 343 g/mol. The van der Waals surface area contributed by atoms with E-state index in [1.165, 1.54) is 0 Å². The molecular weight excluding hydrogens is 334 g/mol. The first-order valence-corrected chi connectivity index (χ1v) is 6.25. The summed E-state index contributed by atoms with van der Waals surface area (Å²) in [7, 11) is 1.66. The molecule has 82 valence electrons. The molecule has 0 bridgehead atoms. The van der Waals surface area contributed by atoms with Crippen LogP contribution in [0, 0.1) is 0 Å². The van der Waals surface area contributed by atoms with Gasteiger partial charge in [-0.3, -0.25) is 0 Å². The lowest BCUT2D eigenvalue weighted by Gasteiger charge is -2.05. The predicted octanol–water partition coefficient (Wildman–Crippen LogP) is 4.28. The number of methoxy groups -OCH3 is 1. The van der Waals surface area contributed by atoms with Crippen molar-refractivity contribution in [2.24, 2.45) is 0 Å². The van der Waals surface area contributed by atoms with Gasteiger partial charge in [0.05, 0.1) is 7.11 Å². The third-order valence-electron chi connectivity index (χ3n) is 2.22. The Morgan fingerprint density at radius 2 is 1.81 bits per heavy atom. The largest absolute Gasteiger partial charge is 0.497 e. The van der Waals surface area contributed by atoms with Crippen molar-refractivity contribution in [1.29, 1.82) is 0 Å². The Balaban J connectivity index is 2.42. The summed E-state index contributed by atoms with van der Waals surface area (Å²) in [6, 6.07) is 9.82. The van der Waals surface area contributed by atoms with Crippen LogP contribution >= 0.6 is 31.9 Å². The van der Waals surface area contributed by atoms with Crippen molar-refractivity contribution in [3.8, 4) is 16.9 Å². The van der Waals surface area contributed by atoms with Crippen LogP contribution in [0.2, 0.25) is 0 Å². The Hall–Kier alpha value is -0.870. The molecule has 2 aromatic rings. The van der Waals surface area contributed by atoms with Crippen molar-refractivity contribution in [1.82, 2.24) is 4.98 Å². The van der Waals surface area contributed by atoms with Gasteiger partial charge < -0.3 is 4.74 Å². The van der Waals surface area contributed by atoms with Gasteiger partial charge in [0.25, 0.3) is 0 Å². The number of hydrogen-bond donors (Lipinski definition) is 0. The van der Waals surface area contributed by atoms with E-state index in [-0.39, 0.29) is 0 Å². The third kappa shape index (κ3) is 2.44. The van der Waals surface area contributed by atoms with Crippen LogP contribution in [0.4, 0.5) is 0 Å². The van der Waals surface area contributed by atoms with Gasteiger partial charge >= 0.3 is 0 Å². The number of aromatic nitrogens is 1. The quantitative estimate of drug-likeness (QED) is 0.760. The van der Waals surface area contributed by atoms with E-state index in [2.05, 4.69) is 36.8 Å². The minimum atomic E-state index is 0.816. The Labute approximate surface area is 111 Å². The van der Waals surface area contributed by atoms with Gasteiger partial charge in [-0.25, -0.2) is 4.98 Å². The lowest BCUT2D eigenvalue weighted by atomic mass is 10.1. The Kier molecular flexibility index (Phi) is 3.61. The first-order chi connectivity index (χ1) is 7.70.